The molecule has 16 heteroatoms. The van der Waals surface area contributed by atoms with Crippen LogP contribution in [-0.4, -0.2) is 109 Å². The number of ether oxygens (including phenoxy) is 1. The molecular weight excluding hydrogens is 667 g/mol. The number of rotatable bonds is 11. The number of primary amides is 1. The number of carbonyl (C=O) groups excluding carboxylic acids is 2. The highest BCUT2D eigenvalue weighted by Crippen LogP contribution is 2.35. The fourth-order valence-corrected chi connectivity index (χ4v) is 7.97. The zero-order valence-corrected chi connectivity index (χ0v) is 29.3. The van der Waals surface area contributed by atoms with Gasteiger partial charge in [-0.2, -0.15) is 9.97 Å². The van der Waals surface area contributed by atoms with Crippen LogP contribution in [0.3, 0.4) is 0 Å². The zero-order chi connectivity index (χ0) is 34.9. The van der Waals surface area contributed by atoms with Crippen molar-refractivity contribution >= 4 is 67.8 Å². The monoisotopic (exact) mass is 705 g/mol. The van der Waals surface area contributed by atoms with Gasteiger partial charge in [-0.25, -0.2) is 12.4 Å². The summed E-state index contributed by atoms with van der Waals surface area (Å²) in [5.41, 5.74) is 8.22. The van der Waals surface area contributed by atoms with Gasteiger partial charge >= 0.3 is 0 Å². The summed E-state index contributed by atoms with van der Waals surface area (Å²) in [5, 5.41) is 8.17. The number of nitrogens with two attached hydrogens (primary N) is 1. The average molecular weight is 706 g/mol. The van der Waals surface area contributed by atoms with Crippen molar-refractivity contribution in [1.82, 2.24) is 23.7 Å². The SMILES string of the molecule is COc1cc(N2CCN(C(=O)CN(C)C)CC2)ccc1Nc1nc(NC2C=CSC2C(N)=O)c2ccn(S(=O)(=O)c3ccc(C)cc3)c2n1. The van der Waals surface area contributed by atoms with Crippen molar-refractivity contribution in [3.05, 3.63) is 71.8 Å². The summed E-state index contributed by atoms with van der Waals surface area (Å²) in [7, 11) is 1.30. The number of aromatic nitrogens is 3. The van der Waals surface area contributed by atoms with Gasteiger partial charge in [-0.3, -0.25) is 9.59 Å². The van der Waals surface area contributed by atoms with Crippen molar-refractivity contribution in [1.29, 1.82) is 0 Å². The number of benzene rings is 2. The van der Waals surface area contributed by atoms with E-state index in [1.807, 2.05) is 55.1 Å². The number of amides is 2. The van der Waals surface area contributed by atoms with E-state index in [9.17, 15) is 18.0 Å². The van der Waals surface area contributed by atoms with Crippen LogP contribution in [0.25, 0.3) is 11.0 Å². The van der Waals surface area contributed by atoms with Crippen molar-refractivity contribution in [2.75, 3.05) is 69.5 Å². The number of hydrogen-bond donors (Lipinski definition) is 3. The molecule has 2 aliphatic heterocycles. The lowest BCUT2D eigenvalue weighted by Gasteiger charge is -2.36. The lowest BCUT2D eigenvalue weighted by Crippen LogP contribution is -2.50. The molecule has 1 fully saturated rings. The highest BCUT2D eigenvalue weighted by Gasteiger charge is 2.31. The maximum absolute atomic E-state index is 13.8. The Hall–Kier alpha value is -4.80. The van der Waals surface area contributed by atoms with Crippen molar-refractivity contribution in [2.24, 2.45) is 5.73 Å². The lowest BCUT2D eigenvalue weighted by atomic mass is 10.2. The Morgan fingerprint density at radius 1 is 1.06 bits per heavy atom. The highest BCUT2D eigenvalue weighted by atomic mass is 32.2. The number of thioether (sulfide) groups is 1. The molecule has 4 N–H and O–H groups in total. The average Bonchev–Trinajstić information content (AvgIpc) is 3.73. The molecular formula is C33H39N9O5S2. The van der Waals surface area contributed by atoms with Crippen molar-refractivity contribution in [3.63, 3.8) is 0 Å². The molecule has 4 aromatic rings. The van der Waals surface area contributed by atoms with E-state index in [1.54, 1.807) is 42.8 Å². The molecule has 2 aromatic carbocycles. The van der Waals surface area contributed by atoms with E-state index in [0.29, 0.717) is 55.4 Å². The summed E-state index contributed by atoms with van der Waals surface area (Å²) < 4.78 is 34.5. The van der Waals surface area contributed by atoms with E-state index in [-0.39, 0.29) is 22.4 Å². The van der Waals surface area contributed by atoms with Gasteiger partial charge in [0.05, 0.1) is 35.7 Å². The van der Waals surface area contributed by atoms with Crippen LogP contribution >= 0.6 is 11.8 Å². The second-order valence-corrected chi connectivity index (χ2v) is 15.0. The Kier molecular flexibility index (Phi) is 9.72. The van der Waals surface area contributed by atoms with Crippen LogP contribution in [0.5, 0.6) is 5.75 Å². The number of aryl methyl sites for hydroxylation is 1. The number of nitrogens with zero attached hydrogens (tertiary/aromatic N) is 6. The minimum absolute atomic E-state index is 0.110. The zero-order valence-electron chi connectivity index (χ0n) is 27.7. The van der Waals surface area contributed by atoms with Crippen molar-refractivity contribution in [2.45, 2.75) is 23.1 Å². The van der Waals surface area contributed by atoms with Crippen LogP contribution in [0.4, 0.5) is 23.1 Å². The number of nitrogens with one attached hydrogen (secondary N) is 2. The Morgan fingerprint density at radius 3 is 2.47 bits per heavy atom. The highest BCUT2D eigenvalue weighted by molar-refractivity contribution is 8.03. The maximum Gasteiger partial charge on any atom is 0.269 e. The van der Waals surface area contributed by atoms with E-state index >= 15 is 0 Å². The molecule has 2 amide bonds. The Balaban J connectivity index is 1.32. The number of methoxy groups -OCH3 is 1. The van der Waals surface area contributed by atoms with E-state index in [2.05, 4.69) is 20.5 Å². The number of hydrogen-bond acceptors (Lipinski definition) is 12. The first-order valence-corrected chi connectivity index (χ1v) is 18.0. The van der Waals surface area contributed by atoms with Crippen LogP contribution in [0.2, 0.25) is 0 Å². The third-order valence-corrected chi connectivity index (χ3v) is 11.2. The molecule has 2 unspecified atom stereocenters. The van der Waals surface area contributed by atoms with Gasteiger partial charge in [-0.1, -0.05) is 23.8 Å². The van der Waals surface area contributed by atoms with Gasteiger partial charge in [-0.05, 0) is 56.8 Å². The Labute approximate surface area is 289 Å². The minimum Gasteiger partial charge on any atom is -0.494 e. The largest absolute Gasteiger partial charge is 0.494 e. The van der Waals surface area contributed by atoms with Gasteiger partial charge in [0, 0.05) is 44.1 Å². The number of likely N-dealkylation sites (N-methyl/N-ethyl adjacent to an activating group) is 1. The number of anilines is 4. The number of carbonyl (C=O) groups is 2. The lowest BCUT2D eigenvalue weighted by molar-refractivity contribution is -0.132. The quantitative estimate of drug-likeness (QED) is 0.209. The third kappa shape index (κ3) is 7.16. The van der Waals surface area contributed by atoms with Gasteiger partial charge in [0.25, 0.3) is 10.0 Å². The molecule has 0 saturated carbocycles. The first kappa shape index (κ1) is 34.1. The number of fused-ring (bicyclic) bond motifs is 1. The summed E-state index contributed by atoms with van der Waals surface area (Å²) in [6.07, 6.45) is 3.26. The maximum atomic E-state index is 13.8. The van der Waals surface area contributed by atoms with Crippen LogP contribution < -0.4 is 26.0 Å². The molecule has 0 bridgehead atoms. The topological polar surface area (TPSA) is 168 Å². The smallest absolute Gasteiger partial charge is 0.269 e. The standard InChI is InChI=1S/C33H39N9O5S2/c1-21-5-8-23(9-6-21)49(45,46)42-13-11-24-31(35-26-12-18-48-29(26)30(34)44)37-33(38-32(24)42)36-25-10-7-22(19-27(25)47-4)40-14-16-41(17-15-40)28(43)20-39(2)3/h5-13,18-19,26,29H,14-17,20H2,1-4H3,(H2,34,44)(H2,35,36,37,38). The summed E-state index contributed by atoms with van der Waals surface area (Å²) in [6, 6.07) is 13.4. The molecule has 0 spiro atoms. The minimum atomic E-state index is -4.02. The van der Waals surface area contributed by atoms with Gasteiger partial charge in [0.2, 0.25) is 17.8 Å². The first-order chi connectivity index (χ1) is 23.4. The molecule has 4 heterocycles. The van der Waals surface area contributed by atoms with Gasteiger partial charge in [0.1, 0.15) is 16.8 Å². The fraction of sp³-hybridized carbons (Fsp3) is 0.333. The molecule has 2 aromatic heterocycles. The summed E-state index contributed by atoms with van der Waals surface area (Å²) >= 11 is 1.30. The summed E-state index contributed by atoms with van der Waals surface area (Å²) in [4.78, 5) is 40.1. The molecule has 49 heavy (non-hydrogen) atoms. The second kappa shape index (κ2) is 14.0. The third-order valence-electron chi connectivity index (χ3n) is 8.39. The van der Waals surface area contributed by atoms with Crippen LogP contribution in [-0.2, 0) is 19.6 Å². The Morgan fingerprint density at radius 2 is 1.80 bits per heavy atom. The van der Waals surface area contributed by atoms with Gasteiger partial charge < -0.3 is 35.8 Å². The molecule has 6 rings (SSSR count). The summed E-state index contributed by atoms with van der Waals surface area (Å²) in [5.74, 6) is 0.582. The van der Waals surface area contributed by atoms with Crippen molar-refractivity contribution in [3.8, 4) is 5.75 Å². The van der Waals surface area contributed by atoms with E-state index in [4.69, 9.17) is 15.5 Å². The van der Waals surface area contributed by atoms with Crippen molar-refractivity contribution < 1.29 is 22.7 Å². The van der Waals surface area contributed by atoms with Crippen LogP contribution in [0, 0.1) is 6.92 Å². The molecule has 2 atom stereocenters. The second-order valence-electron chi connectivity index (χ2n) is 12.1. The number of piperazine rings is 1. The summed E-state index contributed by atoms with van der Waals surface area (Å²) in [6.45, 7) is 4.86. The van der Waals surface area contributed by atoms with E-state index in [0.717, 1.165) is 15.2 Å². The Bertz CT molecular complexity index is 2010. The van der Waals surface area contributed by atoms with Gasteiger partial charge in [0.15, 0.2) is 5.65 Å². The predicted molar refractivity (Wildman–Crippen MR) is 192 cm³/mol. The molecule has 1 saturated heterocycles. The molecule has 14 nitrogen and oxygen atoms in total. The van der Waals surface area contributed by atoms with Crippen LogP contribution in [0.1, 0.15) is 5.56 Å². The van der Waals surface area contributed by atoms with E-state index < -0.39 is 27.2 Å². The molecule has 0 radical (unpaired) electrons. The first-order valence-electron chi connectivity index (χ1n) is 15.7. The normalized spacial score (nSPS) is 17.9. The predicted octanol–water partition coefficient (Wildman–Crippen LogP) is 2.83. The molecule has 0 aliphatic carbocycles. The van der Waals surface area contributed by atoms with Crippen LogP contribution in [0.15, 0.2) is 71.1 Å². The van der Waals surface area contributed by atoms with Gasteiger partial charge in [-0.15, -0.1) is 11.8 Å². The van der Waals surface area contributed by atoms with E-state index in [1.165, 1.54) is 18.0 Å². The fourth-order valence-electron chi connectivity index (χ4n) is 5.79. The molecule has 258 valence electrons. The molecule has 2 aliphatic rings.